The van der Waals surface area contributed by atoms with Gasteiger partial charge in [0, 0.05) is 18.5 Å². The Labute approximate surface area is 115 Å². The van der Waals surface area contributed by atoms with Crippen molar-refractivity contribution < 1.29 is 14.3 Å². The summed E-state index contributed by atoms with van der Waals surface area (Å²) in [6.45, 7) is 0. The van der Waals surface area contributed by atoms with Crippen LogP contribution in [0.15, 0.2) is 61.1 Å². The summed E-state index contributed by atoms with van der Waals surface area (Å²) in [5.74, 6) is -0.848. The van der Waals surface area contributed by atoms with Crippen molar-refractivity contribution in [3.8, 4) is 0 Å². The predicted octanol–water partition coefficient (Wildman–Crippen LogP) is 1.79. The summed E-state index contributed by atoms with van der Waals surface area (Å²) in [4.78, 5) is 30.7. The number of hydrogen-bond acceptors (Lipinski definition) is 5. The van der Waals surface area contributed by atoms with E-state index in [1.165, 1.54) is 12.4 Å². The smallest absolute Gasteiger partial charge is 0.342 e. The van der Waals surface area contributed by atoms with E-state index in [2.05, 4.69) is 15.3 Å². The number of esters is 1. The average Bonchev–Trinajstić information content (AvgIpc) is 2.49. The van der Waals surface area contributed by atoms with Crippen molar-refractivity contribution in [3.05, 3.63) is 66.7 Å². The minimum atomic E-state index is -0.536. The number of amides is 1. The molecule has 0 spiro atoms. The zero-order chi connectivity index (χ0) is 14.2. The van der Waals surface area contributed by atoms with E-state index in [0.29, 0.717) is 5.56 Å². The van der Waals surface area contributed by atoms with Gasteiger partial charge in [-0.2, -0.15) is 0 Å². The van der Waals surface area contributed by atoms with Gasteiger partial charge in [0.2, 0.25) is 5.95 Å². The van der Waals surface area contributed by atoms with E-state index in [9.17, 15) is 9.59 Å². The van der Waals surface area contributed by atoms with Gasteiger partial charge < -0.3 is 4.74 Å². The number of nitrogens with one attached hydrogen (secondary N) is 1. The molecule has 0 aliphatic heterocycles. The number of carbonyl (C=O) groups is 2. The molecule has 0 fully saturated rings. The Morgan fingerprint density at radius 3 is 2.45 bits per heavy atom. The minimum absolute atomic E-state index is 0.177. The number of ether oxygens (including phenoxy) is 1. The topological polar surface area (TPSA) is 81.2 Å². The molecule has 1 aromatic carbocycles. The van der Waals surface area contributed by atoms with Crippen LogP contribution in [0.3, 0.4) is 0 Å². The molecule has 0 radical (unpaired) electrons. The molecule has 0 bridgehead atoms. The number of carbonyl (C=O) groups excluding carboxylic acids is 2. The van der Waals surface area contributed by atoms with Gasteiger partial charge in [-0.25, -0.2) is 14.8 Å². The number of hydrogen-bond donors (Lipinski definition) is 1. The molecule has 6 nitrogen and oxygen atoms in total. The lowest BCUT2D eigenvalue weighted by Gasteiger charge is -1.99. The second-order valence-electron chi connectivity index (χ2n) is 3.64. The Hall–Kier alpha value is -3.02. The van der Waals surface area contributed by atoms with Crippen LogP contribution in [0.2, 0.25) is 0 Å². The second kappa shape index (κ2) is 6.79. The minimum Gasteiger partial charge on any atom is -0.431 e. The van der Waals surface area contributed by atoms with Crippen LogP contribution >= 0.6 is 0 Å². The van der Waals surface area contributed by atoms with Gasteiger partial charge in [0.25, 0.3) is 5.91 Å². The zero-order valence-electron chi connectivity index (χ0n) is 10.4. The second-order valence-corrected chi connectivity index (χ2v) is 3.64. The van der Waals surface area contributed by atoms with Gasteiger partial charge in [-0.15, -0.1) is 0 Å². The van der Waals surface area contributed by atoms with Gasteiger partial charge in [-0.1, -0.05) is 18.2 Å². The average molecular weight is 269 g/mol. The predicted molar refractivity (Wildman–Crippen MR) is 71.7 cm³/mol. The highest BCUT2D eigenvalue weighted by molar-refractivity contribution is 5.98. The van der Waals surface area contributed by atoms with Crippen LogP contribution in [-0.4, -0.2) is 21.8 Å². The highest BCUT2D eigenvalue weighted by atomic mass is 16.5. The first kappa shape index (κ1) is 13.4. The van der Waals surface area contributed by atoms with E-state index >= 15 is 0 Å². The molecule has 20 heavy (non-hydrogen) atoms. The van der Waals surface area contributed by atoms with E-state index in [1.807, 2.05) is 0 Å². The molecular weight excluding hydrogens is 258 g/mol. The van der Waals surface area contributed by atoms with Gasteiger partial charge in [-0.05, 0) is 18.2 Å². The van der Waals surface area contributed by atoms with Gasteiger partial charge in [-0.3, -0.25) is 10.1 Å². The van der Waals surface area contributed by atoms with Crippen LogP contribution in [0.4, 0.5) is 5.95 Å². The lowest BCUT2D eigenvalue weighted by molar-refractivity contribution is -0.112. The van der Waals surface area contributed by atoms with Gasteiger partial charge >= 0.3 is 5.97 Å². The monoisotopic (exact) mass is 269 g/mol. The Balaban J connectivity index is 1.84. The molecule has 1 amide bonds. The molecule has 2 rings (SSSR count). The molecular formula is C14H11N3O3. The van der Waals surface area contributed by atoms with Gasteiger partial charge in [0.05, 0.1) is 5.56 Å². The Morgan fingerprint density at radius 2 is 1.75 bits per heavy atom. The largest absolute Gasteiger partial charge is 0.431 e. The first-order valence-corrected chi connectivity index (χ1v) is 5.76. The quantitative estimate of drug-likeness (QED) is 0.520. The van der Waals surface area contributed by atoms with Crippen molar-refractivity contribution >= 4 is 17.8 Å². The highest BCUT2D eigenvalue weighted by Gasteiger charge is 2.04. The molecule has 0 aliphatic carbocycles. The van der Waals surface area contributed by atoms with Crippen molar-refractivity contribution in [1.82, 2.24) is 9.97 Å². The molecule has 1 N–H and O–H groups in total. The fourth-order valence-electron chi connectivity index (χ4n) is 1.32. The molecule has 1 heterocycles. The lowest BCUT2D eigenvalue weighted by atomic mass is 10.2. The first-order valence-electron chi connectivity index (χ1n) is 5.76. The van der Waals surface area contributed by atoms with Gasteiger partial charge in [0.15, 0.2) is 0 Å². The van der Waals surface area contributed by atoms with Crippen molar-refractivity contribution in [2.75, 3.05) is 5.32 Å². The summed E-state index contributed by atoms with van der Waals surface area (Å²) >= 11 is 0. The van der Waals surface area contributed by atoms with E-state index < -0.39 is 11.9 Å². The third-order valence-corrected chi connectivity index (χ3v) is 2.20. The van der Waals surface area contributed by atoms with Crippen LogP contribution in [0.25, 0.3) is 0 Å². The maximum Gasteiger partial charge on any atom is 0.342 e. The molecule has 100 valence electrons. The summed E-state index contributed by atoms with van der Waals surface area (Å²) in [6, 6.07) is 10.1. The number of aromatic nitrogens is 2. The third-order valence-electron chi connectivity index (χ3n) is 2.20. The van der Waals surface area contributed by atoms with Gasteiger partial charge in [0.1, 0.15) is 6.26 Å². The Morgan fingerprint density at radius 1 is 1.05 bits per heavy atom. The number of nitrogens with zero attached hydrogens (tertiary/aromatic N) is 2. The fourth-order valence-corrected chi connectivity index (χ4v) is 1.32. The molecule has 2 aromatic rings. The Kier molecular flexibility index (Phi) is 4.55. The summed E-state index contributed by atoms with van der Waals surface area (Å²) in [6.07, 6.45) is 5.11. The normalized spacial score (nSPS) is 10.2. The summed E-state index contributed by atoms with van der Waals surface area (Å²) in [5, 5.41) is 2.42. The molecule has 0 atom stereocenters. The molecule has 0 saturated heterocycles. The van der Waals surface area contributed by atoms with Crippen LogP contribution in [-0.2, 0) is 9.53 Å². The third kappa shape index (κ3) is 4.02. The summed E-state index contributed by atoms with van der Waals surface area (Å²) < 4.78 is 4.82. The number of rotatable bonds is 4. The fraction of sp³-hybridized carbons (Fsp3) is 0. The van der Waals surface area contributed by atoms with Crippen LogP contribution in [0.1, 0.15) is 10.4 Å². The molecule has 6 heteroatoms. The van der Waals surface area contributed by atoms with Crippen LogP contribution in [0, 0.1) is 0 Å². The molecule has 0 saturated carbocycles. The standard InChI is InChI=1S/C14H11N3O3/c18-12(17-14-15-8-4-9-16-14)7-10-20-13(19)11-5-2-1-3-6-11/h1-10H,(H,15,16,17,18). The van der Waals surface area contributed by atoms with E-state index in [4.69, 9.17) is 4.74 Å². The SMILES string of the molecule is O=C(C=COC(=O)c1ccccc1)Nc1ncccn1. The summed E-state index contributed by atoms with van der Waals surface area (Å²) in [5.41, 5.74) is 0.406. The summed E-state index contributed by atoms with van der Waals surface area (Å²) in [7, 11) is 0. The highest BCUT2D eigenvalue weighted by Crippen LogP contribution is 2.01. The molecule has 0 aliphatic rings. The Bertz CT molecular complexity index is 612. The van der Waals surface area contributed by atoms with Crippen LogP contribution < -0.4 is 5.32 Å². The zero-order valence-corrected chi connectivity index (χ0v) is 10.4. The van der Waals surface area contributed by atoms with E-state index in [1.54, 1.807) is 36.4 Å². The van der Waals surface area contributed by atoms with Crippen molar-refractivity contribution in [1.29, 1.82) is 0 Å². The molecule has 1 aromatic heterocycles. The number of anilines is 1. The van der Waals surface area contributed by atoms with Crippen LogP contribution in [0.5, 0.6) is 0 Å². The van der Waals surface area contributed by atoms with E-state index in [0.717, 1.165) is 12.3 Å². The van der Waals surface area contributed by atoms with Crippen molar-refractivity contribution in [3.63, 3.8) is 0 Å². The maximum atomic E-state index is 11.6. The lowest BCUT2D eigenvalue weighted by Crippen LogP contribution is -2.11. The number of benzene rings is 1. The van der Waals surface area contributed by atoms with Crippen molar-refractivity contribution in [2.24, 2.45) is 0 Å². The molecule has 0 unspecified atom stereocenters. The first-order chi connectivity index (χ1) is 9.75. The van der Waals surface area contributed by atoms with E-state index in [-0.39, 0.29) is 5.95 Å². The van der Waals surface area contributed by atoms with Crippen molar-refractivity contribution in [2.45, 2.75) is 0 Å². The maximum absolute atomic E-state index is 11.6.